The van der Waals surface area contributed by atoms with E-state index in [0.29, 0.717) is 6.04 Å². The van der Waals surface area contributed by atoms with Crippen molar-refractivity contribution in [2.45, 2.75) is 57.7 Å². The van der Waals surface area contributed by atoms with Crippen molar-refractivity contribution in [2.24, 2.45) is 0 Å². The van der Waals surface area contributed by atoms with Crippen LogP contribution in [-0.4, -0.2) is 20.3 Å². The molecular formula is C12H20N2O2. The van der Waals surface area contributed by atoms with Crippen molar-refractivity contribution >= 4 is 0 Å². The fourth-order valence-corrected chi connectivity index (χ4v) is 1.95. The average Bonchev–Trinajstić information content (AvgIpc) is 3.00. The summed E-state index contributed by atoms with van der Waals surface area (Å²) in [5, 5.41) is 9.12. The van der Waals surface area contributed by atoms with Crippen molar-refractivity contribution in [2.75, 3.05) is 0 Å². The van der Waals surface area contributed by atoms with Crippen LogP contribution in [-0.2, 0) is 6.54 Å². The molecule has 0 amide bonds. The molecule has 1 heterocycles. The Bertz CT molecular complexity index is 388. The van der Waals surface area contributed by atoms with Crippen molar-refractivity contribution in [3.8, 4) is 0 Å². The second kappa shape index (κ2) is 4.87. The van der Waals surface area contributed by atoms with Crippen LogP contribution in [0.5, 0.6) is 0 Å². The smallest absolute Gasteiger partial charge is 0.328 e. The zero-order valence-electron chi connectivity index (χ0n) is 9.80. The monoisotopic (exact) mass is 224 g/mol. The first-order valence-corrected chi connectivity index (χ1v) is 6.14. The Morgan fingerprint density at radius 1 is 1.44 bits per heavy atom. The first-order valence-electron chi connectivity index (χ1n) is 6.14. The lowest BCUT2D eigenvalue weighted by Gasteiger charge is -2.04. The summed E-state index contributed by atoms with van der Waals surface area (Å²) in [5.74, 6) is 0. The molecule has 1 aromatic rings. The number of aliphatic hydroxyl groups excluding tert-OH is 1. The predicted molar refractivity (Wildman–Crippen MR) is 62.5 cm³/mol. The Balaban J connectivity index is 1.83. The van der Waals surface area contributed by atoms with Crippen LogP contribution in [0.1, 0.15) is 45.1 Å². The van der Waals surface area contributed by atoms with Gasteiger partial charge in [-0.1, -0.05) is 0 Å². The van der Waals surface area contributed by atoms with Gasteiger partial charge < -0.3 is 5.11 Å². The van der Waals surface area contributed by atoms with E-state index in [1.165, 1.54) is 0 Å². The normalized spacial score (nSPS) is 17.6. The third-order valence-corrected chi connectivity index (χ3v) is 3.08. The Kier molecular flexibility index (Phi) is 3.49. The van der Waals surface area contributed by atoms with Crippen molar-refractivity contribution in [3.05, 3.63) is 22.9 Å². The Hall–Kier alpha value is -1.03. The maximum absolute atomic E-state index is 11.9. The summed E-state index contributed by atoms with van der Waals surface area (Å²) in [5.41, 5.74) is 0.125. The predicted octanol–water partition coefficient (Wildman–Crippen LogP) is 1.54. The zero-order chi connectivity index (χ0) is 11.5. The number of aliphatic hydroxyl groups is 1. The molecule has 1 atom stereocenters. The van der Waals surface area contributed by atoms with Gasteiger partial charge in [-0.25, -0.2) is 4.79 Å². The van der Waals surface area contributed by atoms with Crippen molar-refractivity contribution in [3.63, 3.8) is 0 Å². The number of aromatic nitrogens is 2. The van der Waals surface area contributed by atoms with E-state index in [4.69, 9.17) is 5.11 Å². The molecule has 2 rings (SSSR count). The molecule has 1 saturated carbocycles. The fraction of sp³-hybridized carbons (Fsp3) is 0.750. The number of aryl methyl sites for hydroxylation is 1. The lowest BCUT2D eigenvalue weighted by atomic mass is 10.2. The lowest BCUT2D eigenvalue weighted by Crippen LogP contribution is -2.23. The molecule has 4 nitrogen and oxygen atoms in total. The first kappa shape index (κ1) is 11.5. The molecule has 0 radical (unpaired) electrons. The minimum atomic E-state index is -0.229. The molecular weight excluding hydrogens is 204 g/mol. The largest absolute Gasteiger partial charge is 0.393 e. The Morgan fingerprint density at radius 2 is 2.19 bits per heavy atom. The van der Waals surface area contributed by atoms with Gasteiger partial charge in [-0.3, -0.25) is 9.13 Å². The molecule has 0 spiro atoms. The average molecular weight is 224 g/mol. The summed E-state index contributed by atoms with van der Waals surface area (Å²) in [6.07, 6.45) is 8.58. The van der Waals surface area contributed by atoms with Crippen LogP contribution in [0.15, 0.2) is 17.2 Å². The minimum absolute atomic E-state index is 0.125. The SMILES string of the molecule is CC(O)CCCCn1ccn(C2CC2)c1=O. The quantitative estimate of drug-likeness (QED) is 0.745. The van der Waals surface area contributed by atoms with E-state index >= 15 is 0 Å². The molecule has 1 fully saturated rings. The van der Waals surface area contributed by atoms with Crippen LogP contribution in [0.4, 0.5) is 0 Å². The second-order valence-electron chi connectivity index (χ2n) is 4.76. The summed E-state index contributed by atoms with van der Waals surface area (Å²) in [6, 6.07) is 0.464. The van der Waals surface area contributed by atoms with E-state index in [1.807, 2.05) is 17.0 Å². The van der Waals surface area contributed by atoms with Crippen LogP contribution in [0, 0.1) is 0 Å². The molecule has 1 aromatic heterocycles. The molecule has 1 aliphatic rings. The maximum atomic E-state index is 11.9. The van der Waals surface area contributed by atoms with Crippen LogP contribution in [0.25, 0.3) is 0 Å². The molecule has 0 saturated heterocycles. The van der Waals surface area contributed by atoms with Gasteiger partial charge in [0.1, 0.15) is 0 Å². The van der Waals surface area contributed by atoms with Crippen LogP contribution in [0.3, 0.4) is 0 Å². The molecule has 0 aromatic carbocycles. The molecule has 1 aliphatic carbocycles. The Labute approximate surface area is 95.5 Å². The van der Waals surface area contributed by atoms with E-state index in [2.05, 4.69) is 0 Å². The third kappa shape index (κ3) is 2.76. The maximum Gasteiger partial charge on any atom is 0.328 e. The van der Waals surface area contributed by atoms with E-state index in [1.54, 1.807) is 11.5 Å². The molecule has 0 aliphatic heterocycles. The minimum Gasteiger partial charge on any atom is -0.393 e. The summed E-state index contributed by atoms with van der Waals surface area (Å²) >= 11 is 0. The van der Waals surface area contributed by atoms with Gasteiger partial charge in [-0.05, 0) is 39.0 Å². The summed E-state index contributed by atoms with van der Waals surface area (Å²) < 4.78 is 3.62. The van der Waals surface area contributed by atoms with Gasteiger partial charge in [0.05, 0.1) is 6.10 Å². The number of nitrogens with zero attached hydrogens (tertiary/aromatic N) is 2. The highest BCUT2D eigenvalue weighted by Crippen LogP contribution is 2.33. The van der Waals surface area contributed by atoms with Gasteiger partial charge in [0.2, 0.25) is 0 Å². The molecule has 16 heavy (non-hydrogen) atoms. The molecule has 4 heteroatoms. The van der Waals surface area contributed by atoms with Crippen molar-refractivity contribution in [1.29, 1.82) is 0 Å². The van der Waals surface area contributed by atoms with E-state index in [0.717, 1.165) is 38.6 Å². The number of hydrogen-bond acceptors (Lipinski definition) is 2. The summed E-state index contributed by atoms with van der Waals surface area (Å²) in [4.78, 5) is 11.9. The van der Waals surface area contributed by atoms with Gasteiger partial charge >= 0.3 is 5.69 Å². The third-order valence-electron chi connectivity index (χ3n) is 3.08. The summed E-state index contributed by atoms with van der Waals surface area (Å²) in [7, 11) is 0. The summed E-state index contributed by atoms with van der Waals surface area (Å²) in [6.45, 7) is 2.57. The van der Waals surface area contributed by atoms with Gasteiger partial charge in [-0.15, -0.1) is 0 Å². The topological polar surface area (TPSA) is 47.2 Å². The van der Waals surface area contributed by atoms with Gasteiger partial charge in [-0.2, -0.15) is 0 Å². The highest BCUT2D eigenvalue weighted by Gasteiger charge is 2.25. The lowest BCUT2D eigenvalue weighted by molar-refractivity contribution is 0.180. The fourth-order valence-electron chi connectivity index (χ4n) is 1.95. The Morgan fingerprint density at radius 3 is 2.81 bits per heavy atom. The van der Waals surface area contributed by atoms with Gasteiger partial charge in [0.15, 0.2) is 0 Å². The van der Waals surface area contributed by atoms with Crippen molar-refractivity contribution in [1.82, 2.24) is 9.13 Å². The second-order valence-corrected chi connectivity index (χ2v) is 4.76. The zero-order valence-corrected chi connectivity index (χ0v) is 9.80. The molecule has 1 N–H and O–H groups in total. The number of unbranched alkanes of at least 4 members (excludes halogenated alkanes) is 1. The van der Waals surface area contributed by atoms with E-state index < -0.39 is 0 Å². The first-order chi connectivity index (χ1) is 7.68. The number of hydrogen-bond donors (Lipinski definition) is 1. The van der Waals surface area contributed by atoms with Gasteiger partial charge in [0.25, 0.3) is 0 Å². The van der Waals surface area contributed by atoms with Crippen LogP contribution in [0.2, 0.25) is 0 Å². The molecule has 90 valence electrons. The highest BCUT2D eigenvalue weighted by molar-refractivity contribution is 4.91. The molecule has 0 bridgehead atoms. The van der Waals surface area contributed by atoms with Crippen molar-refractivity contribution < 1.29 is 5.11 Å². The molecule has 1 unspecified atom stereocenters. The van der Waals surface area contributed by atoms with E-state index in [-0.39, 0.29) is 11.8 Å². The van der Waals surface area contributed by atoms with Crippen LogP contribution < -0.4 is 5.69 Å². The number of imidazole rings is 1. The highest BCUT2D eigenvalue weighted by atomic mass is 16.3. The van der Waals surface area contributed by atoms with Crippen LogP contribution >= 0.6 is 0 Å². The van der Waals surface area contributed by atoms with Gasteiger partial charge in [0, 0.05) is 25.0 Å². The standard InChI is InChI=1S/C12H20N2O2/c1-10(15)4-2-3-7-13-8-9-14(12(13)16)11-5-6-11/h8-11,15H,2-7H2,1H3. The number of rotatable bonds is 6. The van der Waals surface area contributed by atoms with E-state index in [9.17, 15) is 4.79 Å².